The predicted molar refractivity (Wildman–Crippen MR) is 107 cm³/mol. The summed E-state index contributed by atoms with van der Waals surface area (Å²) >= 11 is 1.45. The van der Waals surface area contributed by atoms with Crippen LogP contribution in [0.4, 0.5) is 0 Å². The van der Waals surface area contributed by atoms with Crippen molar-refractivity contribution in [2.45, 2.75) is 32.9 Å². The first-order valence-corrected chi connectivity index (χ1v) is 9.76. The van der Waals surface area contributed by atoms with Crippen molar-refractivity contribution in [2.24, 2.45) is 0 Å². The highest BCUT2D eigenvalue weighted by Crippen LogP contribution is 2.25. The van der Waals surface area contributed by atoms with Gasteiger partial charge in [0.25, 0.3) is 5.56 Å². The minimum absolute atomic E-state index is 0.145. The topological polar surface area (TPSA) is 116 Å². The molecule has 0 radical (unpaired) electrons. The van der Waals surface area contributed by atoms with Gasteiger partial charge in [-0.15, -0.1) is 16.4 Å². The fraction of sp³-hybridized carbons (Fsp3) is 0.263. The Morgan fingerprint density at radius 2 is 2.07 bits per heavy atom. The molecule has 10 heteroatoms. The maximum atomic E-state index is 12.8. The second-order valence-electron chi connectivity index (χ2n) is 6.58. The number of carbonyl (C=O) groups excluding carboxylic acids is 1. The average molecular weight is 410 g/mol. The molecule has 1 aromatic carbocycles. The van der Waals surface area contributed by atoms with Crippen LogP contribution >= 0.6 is 11.3 Å². The second-order valence-corrected chi connectivity index (χ2v) is 7.78. The van der Waals surface area contributed by atoms with E-state index in [1.54, 1.807) is 0 Å². The average Bonchev–Trinajstić information content (AvgIpc) is 3.34. The van der Waals surface area contributed by atoms with Crippen molar-refractivity contribution in [2.75, 3.05) is 0 Å². The molecule has 0 bridgehead atoms. The highest BCUT2D eigenvalue weighted by atomic mass is 32.1. The van der Waals surface area contributed by atoms with E-state index in [-0.39, 0.29) is 12.2 Å². The molecule has 148 valence electrons. The van der Waals surface area contributed by atoms with Gasteiger partial charge in [0.15, 0.2) is 6.04 Å². The lowest BCUT2D eigenvalue weighted by Crippen LogP contribution is -2.25. The first-order chi connectivity index (χ1) is 14.0. The van der Waals surface area contributed by atoms with Gasteiger partial charge in [-0.1, -0.05) is 30.3 Å². The molecule has 3 aromatic heterocycles. The summed E-state index contributed by atoms with van der Waals surface area (Å²) in [5, 5.41) is 11.6. The van der Waals surface area contributed by atoms with Gasteiger partial charge in [-0.05, 0) is 35.4 Å². The first kappa shape index (κ1) is 18.9. The van der Waals surface area contributed by atoms with Gasteiger partial charge < -0.3 is 9.72 Å². The quantitative estimate of drug-likeness (QED) is 0.484. The molecule has 0 aliphatic rings. The molecule has 0 aliphatic heterocycles. The number of H-pyrrole nitrogens is 1. The monoisotopic (exact) mass is 410 g/mol. The number of aromatic amines is 1. The Kier molecular flexibility index (Phi) is 5.17. The molecule has 9 nitrogen and oxygen atoms in total. The molecule has 0 fully saturated rings. The van der Waals surface area contributed by atoms with Gasteiger partial charge in [0.1, 0.15) is 23.6 Å². The molecular weight excluding hydrogens is 392 g/mol. The largest absolute Gasteiger partial charge is 0.456 e. The number of fused-ring (bicyclic) bond motifs is 1. The number of aromatic nitrogens is 6. The molecule has 0 unspecified atom stereocenters. The molecule has 0 spiro atoms. The smallest absolute Gasteiger partial charge is 0.331 e. The van der Waals surface area contributed by atoms with Crippen LogP contribution < -0.4 is 5.56 Å². The zero-order valence-electron chi connectivity index (χ0n) is 15.8. The van der Waals surface area contributed by atoms with Crippen LogP contribution in [0.15, 0.2) is 41.5 Å². The molecule has 1 N–H and O–H groups in total. The Morgan fingerprint density at radius 3 is 2.79 bits per heavy atom. The molecule has 0 saturated carbocycles. The minimum Gasteiger partial charge on any atom is -0.456 e. The van der Waals surface area contributed by atoms with Crippen molar-refractivity contribution in [3.63, 3.8) is 0 Å². The van der Waals surface area contributed by atoms with Crippen molar-refractivity contribution >= 4 is 27.5 Å². The van der Waals surface area contributed by atoms with Crippen molar-refractivity contribution in [3.8, 4) is 0 Å². The number of rotatable bonds is 6. The Morgan fingerprint density at radius 1 is 1.28 bits per heavy atom. The zero-order valence-corrected chi connectivity index (χ0v) is 16.6. The molecule has 0 amide bonds. The number of thiophene rings is 1. The Hall–Kier alpha value is -3.40. The van der Waals surface area contributed by atoms with Crippen molar-refractivity contribution in [1.82, 2.24) is 30.2 Å². The van der Waals surface area contributed by atoms with E-state index < -0.39 is 12.0 Å². The van der Waals surface area contributed by atoms with Gasteiger partial charge in [0.2, 0.25) is 0 Å². The summed E-state index contributed by atoms with van der Waals surface area (Å²) in [5.74, 6) is -0.213. The molecule has 4 aromatic rings. The molecule has 0 aliphatic carbocycles. The fourth-order valence-electron chi connectivity index (χ4n) is 3.04. The lowest BCUT2D eigenvalue weighted by molar-refractivity contribution is -0.149. The van der Waals surface area contributed by atoms with Crippen LogP contribution in [0.1, 0.15) is 27.9 Å². The van der Waals surface area contributed by atoms with E-state index in [2.05, 4.69) is 25.5 Å². The van der Waals surface area contributed by atoms with Crippen molar-refractivity contribution in [1.29, 1.82) is 0 Å². The Balaban J connectivity index is 1.54. The van der Waals surface area contributed by atoms with E-state index in [0.29, 0.717) is 22.5 Å². The zero-order chi connectivity index (χ0) is 20.4. The summed E-state index contributed by atoms with van der Waals surface area (Å²) in [4.78, 5) is 34.0. The summed E-state index contributed by atoms with van der Waals surface area (Å²) in [5.41, 5.74) is 1.63. The predicted octanol–water partition coefficient (Wildman–Crippen LogP) is 2.12. The lowest BCUT2D eigenvalue weighted by atomic mass is 10.1. The number of esters is 1. The van der Waals surface area contributed by atoms with E-state index in [0.717, 1.165) is 16.0 Å². The Labute approximate surface area is 169 Å². The lowest BCUT2D eigenvalue weighted by Gasteiger charge is -2.15. The molecule has 0 saturated heterocycles. The summed E-state index contributed by atoms with van der Waals surface area (Å²) < 4.78 is 6.81. The summed E-state index contributed by atoms with van der Waals surface area (Å²) in [7, 11) is 0. The van der Waals surface area contributed by atoms with Crippen molar-refractivity contribution < 1.29 is 9.53 Å². The summed E-state index contributed by atoms with van der Waals surface area (Å²) in [6.45, 7) is 3.69. The molecule has 4 rings (SSSR count). The van der Waals surface area contributed by atoms with E-state index in [1.807, 2.05) is 44.2 Å². The highest BCUT2D eigenvalue weighted by molar-refractivity contribution is 7.18. The van der Waals surface area contributed by atoms with E-state index in [9.17, 15) is 9.59 Å². The van der Waals surface area contributed by atoms with Crippen LogP contribution in [-0.2, 0) is 22.6 Å². The Bertz CT molecular complexity index is 1200. The number of hydrogen-bond acceptors (Lipinski definition) is 8. The molecular formula is C19H18N6O3S. The van der Waals surface area contributed by atoms with Gasteiger partial charge in [-0.3, -0.25) is 4.79 Å². The number of carbonyl (C=O) groups is 1. The number of nitrogens with zero attached hydrogens (tertiary/aromatic N) is 5. The molecule has 29 heavy (non-hydrogen) atoms. The van der Waals surface area contributed by atoms with Crippen LogP contribution in [0.3, 0.4) is 0 Å². The van der Waals surface area contributed by atoms with Gasteiger partial charge in [0, 0.05) is 11.3 Å². The standard InChI is InChI=1S/C19H18N6O3S/c1-11-12(2)29-18-16(11)17(26)21-15(22-18)9-28-19(27)14(25-10-20-23-24-25)8-13-6-4-3-5-7-13/h3-7,10,14H,8-9H2,1-2H3,(H,21,22,26)/t14-/m0/s1. The van der Waals surface area contributed by atoms with Gasteiger partial charge >= 0.3 is 5.97 Å². The maximum Gasteiger partial charge on any atom is 0.331 e. The summed E-state index contributed by atoms with van der Waals surface area (Å²) in [6.07, 6.45) is 1.75. The third kappa shape index (κ3) is 3.92. The van der Waals surface area contributed by atoms with Crippen LogP contribution in [0.5, 0.6) is 0 Å². The number of benzene rings is 1. The van der Waals surface area contributed by atoms with E-state index in [4.69, 9.17) is 4.74 Å². The SMILES string of the molecule is Cc1sc2nc(COC(=O)[C@H](Cc3ccccc3)n3cnnn3)[nH]c(=O)c2c1C. The van der Waals surface area contributed by atoms with Crippen LogP contribution in [0, 0.1) is 13.8 Å². The minimum atomic E-state index is -0.728. The number of aryl methyl sites for hydroxylation is 2. The van der Waals surface area contributed by atoms with Gasteiger partial charge in [0.05, 0.1) is 5.39 Å². The number of ether oxygens (including phenoxy) is 1. The third-order valence-corrected chi connectivity index (χ3v) is 5.77. The number of tetrazole rings is 1. The molecule has 3 heterocycles. The third-order valence-electron chi connectivity index (χ3n) is 4.67. The van der Waals surface area contributed by atoms with Crippen LogP contribution in [0.2, 0.25) is 0 Å². The molecule has 1 atom stereocenters. The number of hydrogen-bond donors (Lipinski definition) is 1. The number of nitrogens with one attached hydrogen (secondary N) is 1. The van der Waals surface area contributed by atoms with E-state index in [1.165, 1.54) is 22.3 Å². The fourth-order valence-corrected chi connectivity index (χ4v) is 4.09. The first-order valence-electron chi connectivity index (χ1n) is 8.95. The van der Waals surface area contributed by atoms with Gasteiger partial charge in [-0.25, -0.2) is 14.5 Å². The highest BCUT2D eigenvalue weighted by Gasteiger charge is 2.24. The van der Waals surface area contributed by atoms with Gasteiger partial charge in [-0.2, -0.15) is 0 Å². The maximum absolute atomic E-state index is 12.8. The summed E-state index contributed by atoms with van der Waals surface area (Å²) in [6, 6.07) is 8.80. The second kappa shape index (κ2) is 7.92. The van der Waals surface area contributed by atoms with Crippen LogP contribution in [0.25, 0.3) is 10.2 Å². The normalized spacial score (nSPS) is 12.2. The van der Waals surface area contributed by atoms with E-state index >= 15 is 0 Å². The van der Waals surface area contributed by atoms with Crippen LogP contribution in [-0.4, -0.2) is 36.1 Å². The van der Waals surface area contributed by atoms with Crippen molar-refractivity contribution in [3.05, 3.63) is 68.8 Å².